The van der Waals surface area contributed by atoms with Gasteiger partial charge in [-0.15, -0.1) is 0 Å². The van der Waals surface area contributed by atoms with E-state index in [-0.39, 0.29) is 5.82 Å². The van der Waals surface area contributed by atoms with Crippen LogP contribution in [-0.4, -0.2) is 14.2 Å². The largest absolute Gasteiger partial charge is 0.497 e. The molecule has 2 rings (SSSR count). The molecule has 0 heterocycles. The van der Waals surface area contributed by atoms with Crippen LogP contribution >= 0.6 is 0 Å². The van der Waals surface area contributed by atoms with Gasteiger partial charge in [0, 0.05) is 5.56 Å². The lowest BCUT2D eigenvalue weighted by atomic mass is 9.98. The third-order valence-corrected chi connectivity index (χ3v) is 2.98. The summed E-state index contributed by atoms with van der Waals surface area (Å²) in [5.74, 6) is 0.939. The summed E-state index contributed by atoms with van der Waals surface area (Å²) in [5, 5.41) is 0. The molecule has 0 bridgehead atoms. The standard InChI is InChI=1S/C15H16FNO2/c1-18-12-5-3-4-10(8-12)15(17)13-9-11(16)6-7-14(13)19-2/h3-9,15H,17H2,1-2H3/t15-/m0/s1. The molecule has 0 unspecified atom stereocenters. The molecule has 0 fully saturated rings. The zero-order valence-corrected chi connectivity index (χ0v) is 10.9. The van der Waals surface area contributed by atoms with Crippen molar-refractivity contribution >= 4 is 0 Å². The highest BCUT2D eigenvalue weighted by Gasteiger charge is 2.15. The van der Waals surface area contributed by atoms with E-state index in [0.717, 1.165) is 5.56 Å². The molecule has 3 nitrogen and oxygen atoms in total. The van der Waals surface area contributed by atoms with Gasteiger partial charge < -0.3 is 15.2 Å². The van der Waals surface area contributed by atoms with Crippen molar-refractivity contribution in [3.05, 3.63) is 59.4 Å². The average molecular weight is 261 g/mol. The highest BCUT2D eigenvalue weighted by atomic mass is 19.1. The van der Waals surface area contributed by atoms with Crippen LogP contribution in [0.1, 0.15) is 17.2 Å². The minimum atomic E-state index is -0.472. The predicted octanol–water partition coefficient (Wildman–Crippen LogP) is 2.89. The smallest absolute Gasteiger partial charge is 0.124 e. The molecule has 2 N–H and O–H groups in total. The van der Waals surface area contributed by atoms with Gasteiger partial charge >= 0.3 is 0 Å². The molecule has 0 aliphatic rings. The second-order valence-corrected chi connectivity index (χ2v) is 4.14. The van der Waals surface area contributed by atoms with Crippen molar-refractivity contribution in [2.75, 3.05) is 14.2 Å². The summed E-state index contributed by atoms with van der Waals surface area (Å²) in [7, 11) is 3.13. The van der Waals surface area contributed by atoms with Crippen molar-refractivity contribution in [3.63, 3.8) is 0 Å². The van der Waals surface area contributed by atoms with Crippen LogP contribution in [0, 0.1) is 5.82 Å². The number of benzene rings is 2. The summed E-state index contributed by atoms with van der Waals surface area (Å²) in [5.41, 5.74) is 7.63. The number of hydrogen-bond donors (Lipinski definition) is 1. The van der Waals surface area contributed by atoms with E-state index in [1.165, 1.54) is 19.2 Å². The second kappa shape index (κ2) is 5.71. The van der Waals surface area contributed by atoms with Crippen molar-refractivity contribution in [1.29, 1.82) is 0 Å². The Morgan fingerprint density at radius 1 is 1.05 bits per heavy atom. The fourth-order valence-electron chi connectivity index (χ4n) is 1.96. The topological polar surface area (TPSA) is 44.5 Å². The van der Waals surface area contributed by atoms with Crippen LogP contribution in [0.2, 0.25) is 0 Å². The van der Waals surface area contributed by atoms with Crippen molar-refractivity contribution in [3.8, 4) is 11.5 Å². The molecule has 0 aliphatic heterocycles. The highest BCUT2D eigenvalue weighted by Crippen LogP contribution is 2.30. The molecule has 2 aromatic rings. The van der Waals surface area contributed by atoms with Crippen molar-refractivity contribution in [1.82, 2.24) is 0 Å². The summed E-state index contributed by atoms with van der Waals surface area (Å²) >= 11 is 0. The molecule has 2 aromatic carbocycles. The summed E-state index contributed by atoms with van der Waals surface area (Å²) < 4.78 is 23.8. The van der Waals surface area contributed by atoms with Crippen LogP contribution < -0.4 is 15.2 Å². The van der Waals surface area contributed by atoms with Gasteiger partial charge in [0.25, 0.3) is 0 Å². The maximum atomic E-state index is 13.4. The Bertz CT molecular complexity index is 572. The minimum Gasteiger partial charge on any atom is -0.497 e. The molecule has 0 saturated carbocycles. The Hall–Kier alpha value is -2.07. The van der Waals surface area contributed by atoms with Crippen LogP contribution in [0.25, 0.3) is 0 Å². The zero-order valence-electron chi connectivity index (χ0n) is 10.9. The summed E-state index contributed by atoms with van der Waals surface area (Å²) in [6.45, 7) is 0. The van der Waals surface area contributed by atoms with Crippen LogP contribution in [0.15, 0.2) is 42.5 Å². The SMILES string of the molecule is COc1cccc([C@H](N)c2cc(F)ccc2OC)c1. The molecule has 0 aromatic heterocycles. The molecule has 0 aliphatic carbocycles. The quantitative estimate of drug-likeness (QED) is 0.920. The molecule has 0 radical (unpaired) electrons. The first-order chi connectivity index (χ1) is 9.15. The first-order valence-electron chi connectivity index (χ1n) is 5.88. The van der Waals surface area contributed by atoms with E-state index in [9.17, 15) is 4.39 Å². The van der Waals surface area contributed by atoms with E-state index in [1.54, 1.807) is 13.2 Å². The molecular formula is C15H16FNO2. The monoisotopic (exact) mass is 261 g/mol. The van der Waals surface area contributed by atoms with E-state index in [0.29, 0.717) is 17.1 Å². The molecule has 4 heteroatoms. The molecule has 0 spiro atoms. The lowest BCUT2D eigenvalue weighted by Crippen LogP contribution is -2.13. The van der Waals surface area contributed by atoms with Gasteiger partial charge in [-0.25, -0.2) is 4.39 Å². The zero-order chi connectivity index (χ0) is 13.8. The predicted molar refractivity (Wildman–Crippen MR) is 72.0 cm³/mol. The number of rotatable bonds is 4. The van der Waals surface area contributed by atoms with Crippen molar-refractivity contribution < 1.29 is 13.9 Å². The molecule has 19 heavy (non-hydrogen) atoms. The number of hydrogen-bond acceptors (Lipinski definition) is 3. The fraction of sp³-hybridized carbons (Fsp3) is 0.200. The van der Waals surface area contributed by atoms with E-state index in [2.05, 4.69) is 0 Å². The Kier molecular flexibility index (Phi) is 4.02. The maximum Gasteiger partial charge on any atom is 0.124 e. The first-order valence-corrected chi connectivity index (χ1v) is 5.88. The number of halogens is 1. The maximum absolute atomic E-state index is 13.4. The van der Waals surface area contributed by atoms with Gasteiger partial charge in [0.1, 0.15) is 17.3 Å². The van der Waals surface area contributed by atoms with E-state index in [4.69, 9.17) is 15.2 Å². The fourth-order valence-corrected chi connectivity index (χ4v) is 1.96. The van der Waals surface area contributed by atoms with Gasteiger partial charge in [0.05, 0.1) is 20.3 Å². The lowest BCUT2D eigenvalue weighted by Gasteiger charge is -2.16. The van der Waals surface area contributed by atoms with Crippen molar-refractivity contribution in [2.45, 2.75) is 6.04 Å². The second-order valence-electron chi connectivity index (χ2n) is 4.14. The average Bonchev–Trinajstić information content (AvgIpc) is 2.46. The molecule has 0 saturated heterocycles. The van der Waals surface area contributed by atoms with Crippen molar-refractivity contribution in [2.24, 2.45) is 5.73 Å². The normalized spacial score (nSPS) is 12.0. The molecule has 100 valence electrons. The summed E-state index contributed by atoms with van der Waals surface area (Å²) in [6.07, 6.45) is 0. The number of ether oxygens (including phenoxy) is 2. The van der Waals surface area contributed by atoms with E-state index >= 15 is 0 Å². The van der Waals surface area contributed by atoms with Gasteiger partial charge in [0.15, 0.2) is 0 Å². The van der Waals surface area contributed by atoms with Gasteiger partial charge in [-0.05, 0) is 35.9 Å². The Morgan fingerprint density at radius 2 is 1.84 bits per heavy atom. The third kappa shape index (κ3) is 2.85. The van der Waals surface area contributed by atoms with Gasteiger partial charge in [-0.2, -0.15) is 0 Å². The van der Waals surface area contributed by atoms with Crippen LogP contribution in [-0.2, 0) is 0 Å². The first kappa shape index (κ1) is 13.4. The Labute approximate surface area is 111 Å². The lowest BCUT2D eigenvalue weighted by molar-refractivity contribution is 0.405. The van der Waals surface area contributed by atoms with Crippen LogP contribution in [0.4, 0.5) is 4.39 Å². The van der Waals surface area contributed by atoms with E-state index in [1.807, 2.05) is 24.3 Å². The van der Waals surface area contributed by atoms with Gasteiger partial charge in [-0.3, -0.25) is 0 Å². The van der Waals surface area contributed by atoms with Gasteiger partial charge in [0.2, 0.25) is 0 Å². The summed E-state index contributed by atoms with van der Waals surface area (Å²) in [4.78, 5) is 0. The number of methoxy groups -OCH3 is 2. The molecule has 1 atom stereocenters. The third-order valence-electron chi connectivity index (χ3n) is 2.98. The number of nitrogens with two attached hydrogens (primary N) is 1. The van der Waals surface area contributed by atoms with Crippen LogP contribution in [0.3, 0.4) is 0 Å². The minimum absolute atomic E-state index is 0.339. The van der Waals surface area contributed by atoms with E-state index < -0.39 is 6.04 Å². The highest BCUT2D eigenvalue weighted by molar-refractivity contribution is 5.43. The molecule has 0 amide bonds. The van der Waals surface area contributed by atoms with Crippen LogP contribution in [0.5, 0.6) is 11.5 Å². The Morgan fingerprint density at radius 3 is 2.53 bits per heavy atom. The Balaban J connectivity index is 2.42. The molecular weight excluding hydrogens is 245 g/mol. The summed E-state index contributed by atoms with van der Waals surface area (Å²) in [6, 6.07) is 11.2. The van der Waals surface area contributed by atoms with Gasteiger partial charge in [-0.1, -0.05) is 12.1 Å².